The molecule has 3 rings (SSSR count). The highest BCUT2D eigenvalue weighted by molar-refractivity contribution is 5.53. The number of aliphatic hydroxyl groups is 3. The van der Waals surface area contributed by atoms with E-state index in [0.717, 1.165) is 24.0 Å². The smallest absolute Gasteiger partial charge is 0.118 e. The van der Waals surface area contributed by atoms with Gasteiger partial charge in [-0.2, -0.15) is 0 Å². The van der Waals surface area contributed by atoms with E-state index < -0.39 is 12.2 Å². The van der Waals surface area contributed by atoms with E-state index in [1.807, 2.05) is 43.3 Å². The molecule has 2 fully saturated rings. The van der Waals surface area contributed by atoms with Crippen molar-refractivity contribution in [2.24, 2.45) is 0 Å². The molecule has 0 amide bonds. The molecule has 0 saturated carbocycles. The van der Waals surface area contributed by atoms with E-state index in [1.54, 1.807) is 0 Å². The summed E-state index contributed by atoms with van der Waals surface area (Å²) in [5.74, 6) is 6.26. The zero-order valence-corrected chi connectivity index (χ0v) is 15.6. The molecule has 5 nitrogen and oxygen atoms in total. The highest BCUT2D eigenvalue weighted by Gasteiger charge is 2.33. The molecule has 2 heterocycles. The Morgan fingerprint density at radius 2 is 2.07 bits per heavy atom. The molecule has 0 aliphatic carbocycles. The Morgan fingerprint density at radius 3 is 2.85 bits per heavy atom. The van der Waals surface area contributed by atoms with Crippen LogP contribution in [0.4, 0.5) is 0 Å². The lowest BCUT2D eigenvalue weighted by Crippen LogP contribution is -2.47. The van der Waals surface area contributed by atoms with E-state index >= 15 is 0 Å². The zero-order valence-electron chi connectivity index (χ0n) is 15.6. The SMILES string of the molecule is CC1CC(O)C(O)[C@@H](C/C=C/c2cccc(C#CC3CCC(O)CO3)c2)O1. The van der Waals surface area contributed by atoms with Crippen molar-refractivity contribution in [1.82, 2.24) is 0 Å². The predicted molar refractivity (Wildman–Crippen MR) is 103 cm³/mol. The molecule has 5 heteroatoms. The average Bonchev–Trinajstić information content (AvgIpc) is 2.65. The topological polar surface area (TPSA) is 79.2 Å². The number of rotatable bonds is 3. The summed E-state index contributed by atoms with van der Waals surface area (Å²) >= 11 is 0. The minimum Gasteiger partial charge on any atom is -0.391 e. The monoisotopic (exact) mass is 372 g/mol. The lowest BCUT2D eigenvalue weighted by molar-refractivity contribution is -0.161. The van der Waals surface area contributed by atoms with Gasteiger partial charge in [-0.1, -0.05) is 36.1 Å². The third kappa shape index (κ3) is 5.90. The first-order valence-corrected chi connectivity index (χ1v) is 9.60. The molecule has 6 atom stereocenters. The molecule has 0 radical (unpaired) electrons. The second-order valence-electron chi connectivity index (χ2n) is 7.36. The second kappa shape index (κ2) is 9.50. The molecule has 27 heavy (non-hydrogen) atoms. The highest BCUT2D eigenvalue weighted by atomic mass is 16.5. The van der Waals surface area contributed by atoms with Gasteiger partial charge in [0, 0.05) is 12.0 Å². The molecule has 3 N–H and O–H groups in total. The van der Waals surface area contributed by atoms with Crippen LogP contribution in [0, 0.1) is 11.8 Å². The van der Waals surface area contributed by atoms with Gasteiger partial charge >= 0.3 is 0 Å². The van der Waals surface area contributed by atoms with E-state index in [4.69, 9.17) is 9.47 Å². The number of aliphatic hydroxyl groups excluding tert-OH is 3. The lowest BCUT2D eigenvalue weighted by Gasteiger charge is -2.35. The quantitative estimate of drug-likeness (QED) is 0.706. The molecule has 0 bridgehead atoms. The van der Waals surface area contributed by atoms with Gasteiger partial charge in [-0.3, -0.25) is 0 Å². The van der Waals surface area contributed by atoms with Crippen LogP contribution in [-0.2, 0) is 9.47 Å². The van der Waals surface area contributed by atoms with Crippen LogP contribution in [0.25, 0.3) is 6.08 Å². The molecular weight excluding hydrogens is 344 g/mol. The fraction of sp³-hybridized carbons (Fsp3) is 0.545. The van der Waals surface area contributed by atoms with Crippen molar-refractivity contribution < 1.29 is 24.8 Å². The van der Waals surface area contributed by atoms with Crippen molar-refractivity contribution in [2.75, 3.05) is 6.61 Å². The van der Waals surface area contributed by atoms with Gasteiger partial charge in [0.1, 0.15) is 12.2 Å². The van der Waals surface area contributed by atoms with Gasteiger partial charge in [-0.25, -0.2) is 0 Å². The fourth-order valence-corrected chi connectivity index (χ4v) is 3.43. The Labute approximate surface area is 160 Å². The van der Waals surface area contributed by atoms with Gasteiger partial charge in [0.15, 0.2) is 0 Å². The summed E-state index contributed by atoms with van der Waals surface area (Å²) in [6, 6.07) is 7.89. The maximum atomic E-state index is 10.1. The molecule has 2 aliphatic heterocycles. The number of hydrogen-bond donors (Lipinski definition) is 3. The molecule has 2 saturated heterocycles. The standard InChI is InChI=1S/C22H28O5/c1-15-12-20(24)22(25)21(27-15)7-3-6-16-4-2-5-17(13-16)8-10-19-11-9-18(23)14-26-19/h2-6,13,15,18-25H,7,9,11-12,14H2,1H3/b6-3+/t15?,18?,19?,20?,21-,22?/m1/s1. The Balaban J connectivity index is 1.57. The summed E-state index contributed by atoms with van der Waals surface area (Å²) in [5, 5.41) is 29.4. The van der Waals surface area contributed by atoms with Gasteiger partial charge in [-0.15, -0.1) is 0 Å². The second-order valence-corrected chi connectivity index (χ2v) is 7.36. The molecule has 1 aromatic rings. The maximum Gasteiger partial charge on any atom is 0.118 e. The van der Waals surface area contributed by atoms with E-state index in [1.165, 1.54) is 0 Å². The van der Waals surface area contributed by atoms with E-state index in [9.17, 15) is 15.3 Å². The van der Waals surface area contributed by atoms with Crippen LogP contribution >= 0.6 is 0 Å². The fourth-order valence-electron chi connectivity index (χ4n) is 3.43. The van der Waals surface area contributed by atoms with Gasteiger partial charge in [0.05, 0.1) is 31.0 Å². The van der Waals surface area contributed by atoms with Gasteiger partial charge in [-0.05, 0) is 43.9 Å². The maximum absolute atomic E-state index is 10.1. The lowest BCUT2D eigenvalue weighted by atomic mass is 9.96. The van der Waals surface area contributed by atoms with Crippen LogP contribution in [0.15, 0.2) is 30.3 Å². The largest absolute Gasteiger partial charge is 0.391 e. The predicted octanol–water partition coefficient (Wildman–Crippen LogP) is 1.88. The summed E-state index contributed by atoms with van der Waals surface area (Å²) in [5.41, 5.74) is 1.92. The first kappa shape index (κ1) is 20.1. The third-order valence-electron chi connectivity index (χ3n) is 4.95. The van der Waals surface area contributed by atoms with E-state index in [2.05, 4.69) is 11.8 Å². The van der Waals surface area contributed by atoms with Gasteiger partial charge in [0.2, 0.25) is 0 Å². The van der Waals surface area contributed by atoms with Crippen molar-refractivity contribution in [3.05, 3.63) is 41.5 Å². The molecule has 1 aromatic carbocycles. The van der Waals surface area contributed by atoms with E-state index in [-0.39, 0.29) is 24.4 Å². The Kier molecular flexibility index (Phi) is 7.06. The summed E-state index contributed by atoms with van der Waals surface area (Å²) in [7, 11) is 0. The minimum atomic E-state index is -0.850. The average molecular weight is 372 g/mol. The summed E-state index contributed by atoms with van der Waals surface area (Å²) in [6.45, 7) is 2.26. The summed E-state index contributed by atoms with van der Waals surface area (Å²) in [4.78, 5) is 0. The van der Waals surface area contributed by atoms with Crippen molar-refractivity contribution in [1.29, 1.82) is 0 Å². The first-order valence-electron chi connectivity index (χ1n) is 9.60. The number of benzene rings is 1. The normalized spacial score (nSPS) is 34.2. The molecule has 0 aromatic heterocycles. The third-order valence-corrected chi connectivity index (χ3v) is 4.95. The van der Waals surface area contributed by atoms with E-state index in [0.29, 0.717) is 19.4 Å². The molecule has 5 unspecified atom stereocenters. The molecule has 2 aliphatic rings. The first-order chi connectivity index (χ1) is 13.0. The van der Waals surface area contributed by atoms with Crippen molar-refractivity contribution in [3.63, 3.8) is 0 Å². The zero-order chi connectivity index (χ0) is 19.2. The van der Waals surface area contributed by atoms with Crippen LogP contribution in [-0.4, -0.2) is 58.6 Å². The molecule has 146 valence electrons. The number of hydrogen-bond acceptors (Lipinski definition) is 5. The molecule has 0 spiro atoms. The Morgan fingerprint density at radius 1 is 1.22 bits per heavy atom. The Bertz CT molecular complexity index is 696. The van der Waals surface area contributed by atoms with Crippen LogP contribution in [0.3, 0.4) is 0 Å². The van der Waals surface area contributed by atoms with Crippen LogP contribution < -0.4 is 0 Å². The highest BCUT2D eigenvalue weighted by Crippen LogP contribution is 2.23. The minimum absolute atomic E-state index is 0.0523. The van der Waals surface area contributed by atoms with Crippen molar-refractivity contribution in [2.45, 2.75) is 69.2 Å². The molecular formula is C22H28O5. The number of ether oxygens (including phenoxy) is 2. The van der Waals surface area contributed by atoms with Crippen molar-refractivity contribution >= 4 is 6.08 Å². The summed E-state index contributed by atoms with van der Waals surface area (Å²) < 4.78 is 11.2. The Hall–Kier alpha value is -1.68. The van der Waals surface area contributed by atoms with Crippen LogP contribution in [0.5, 0.6) is 0 Å². The van der Waals surface area contributed by atoms with Crippen molar-refractivity contribution in [3.8, 4) is 11.8 Å². The van der Waals surface area contributed by atoms with Gasteiger partial charge in [0.25, 0.3) is 0 Å². The summed E-state index contributed by atoms with van der Waals surface area (Å²) in [6.07, 6.45) is 3.90. The van der Waals surface area contributed by atoms with Gasteiger partial charge < -0.3 is 24.8 Å². The van der Waals surface area contributed by atoms with Crippen LogP contribution in [0.2, 0.25) is 0 Å². The van der Waals surface area contributed by atoms with Crippen LogP contribution in [0.1, 0.15) is 43.7 Å².